The first-order valence-corrected chi connectivity index (χ1v) is 15.2. The van der Waals surface area contributed by atoms with Crippen molar-refractivity contribution in [2.75, 3.05) is 12.8 Å². The standard InChI is InChI=1S/C28H34F2N6O4S/c1-28(2,3)36(27(37)38)25-12-21(33-13-18-14-35(41(4,39)40)32-24(18)17-33)16-34(15-20-7-5-6-10-31-20)26(25)22-11-19(29)8-9-23(22)30/h5-11,14,21,25-26H,12-13,15-17H2,1-4H3,(H,37,38)/t21-,25+,26-/m1/s1. The monoisotopic (exact) mass is 588 g/mol. The molecule has 0 unspecified atom stereocenters. The number of amides is 1. The number of carboxylic acid groups (broad SMARTS) is 1. The molecule has 5 rings (SSSR count). The lowest BCUT2D eigenvalue weighted by Gasteiger charge is -2.52. The molecule has 3 atom stereocenters. The van der Waals surface area contributed by atoms with E-state index >= 15 is 4.39 Å². The highest BCUT2D eigenvalue weighted by atomic mass is 32.2. The molecule has 1 amide bonds. The molecule has 2 aromatic heterocycles. The predicted octanol–water partition coefficient (Wildman–Crippen LogP) is 3.84. The van der Waals surface area contributed by atoms with E-state index in [0.29, 0.717) is 37.4 Å². The van der Waals surface area contributed by atoms with Gasteiger partial charge in [-0.05, 0) is 57.5 Å². The Labute approximate surface area is 238 Å². The summed E-state index contributed by atoms with van der Waals surface area (Å²) in [6, 6.07) is 7.04. The van der Waals surface area contributed by atoms with E-state index in [2.05, 4.69) is 15.0 Å². The average molecular weight is 589 g/mol. The third kappa shape index (κ3) is 5.97. The van der Waals surface area contributed by atoms with E-state index in [1.54, 1.807) is 33.0 Å². The van der Waals surface area contributed by atoms with Crippen molar-refractivity contribution < 1.29 is 27.1 Å². The Morgan fingerprint density at radius 3 is 2.54 bits per heavy atom. The van der Waals surface area contributed by atoms with Crippen molar-refractivity contribution in [3.63, 3.8) is 0 Å². The number of likely N-dealkylation sites (tertiary alicyclic amines) is 1. The van der Waals surface area contributed by atoms with Gasteiger partial charge in [-0.25, -0.2) is 22.0 Å². The van der Waals surface area contributed by atoms with E-state index in [-0.39, 0.29) is 18.2 Å². The van der Waals surface area contributed by atoms with Gasteiger partial charge in [-0.1, -0.05) is 6.07 Å². The van der Waals surface area contributed by atoms with Crippen molar-refractivity contribution >= 4 is 16.1 Å². The van der Waals surface area contributed by atoms with Crippen molar-refractivity contribution in [3.8, 4) is 0 Å². The van der Waals surface area contributed by atoms with Crippen LogP contribution in [0.25, 0.3) is 0 Å². The average Bonchev–Trinajstić information content (AvgIpc) is 3.45. The van der Waals surface area contributed by atoms with Gasteiger partial charge in [0.2, 0.25) is 0 Å². The Kier molecular flexibility index (Phi) is 7.64. The summed E-state index contributed by atoms with van der Waals surface area (Å²) in [6.45, 7) is 6.87. The van der Waals surface area contributed by atoms with Crippen LogP contribution in [0.1, 0.15) is 55.7 Å². The fraction of sp³-hybridized carbons (Fsp3) is 0.464. The fourth-order valence-corrected chi connectivity index (χ4v) is 6.70. The smallest absolute Gasteiger partial charge is 0.408 e. The molecule has 13 heteroatoms. The summed E-state index contributed by atoms with van der Waals surface area (Å²) in [5, 5.41) is 14.7. The van der Waals surface area contributed by atoms with Crippen LogP contribution < -0.4 is 0 Å². The topological polar surface area (TPSA) is 112 Å². The summed E-state index contributed by atoms with van der Waals surface area (Å²) in [7, 11) is -3.52. The molecule has 3 aromatic rings. The van der Waals surface area contributed by atoms with Gasteiger partial charge < -0.3 is 5.11 Å². The van der Waals surface area contributed by atoms with E-state index < -0.39 is 45.4 Å². The first-order valence-electron chi connectivity index (χ1n) is 13.4. The van der Waals surface area contributed by atoms with Crippen LogP contribution in [0.3, 0.4) is 0 Å². The van der Waals surface area contributed by atoms with Gasteiger partial charge in [0, 0.05) is 61.3 Å². The molecule has 220 valence electrons. The summed E-state index contributed by atoms with van der Waals surface area (Å²) in [5.41, 5.74) is 1.38. The molecule has 1 fully saturated rings. The molecule has 2 aliphatic heterocycles. The van der Waals surface area contributed by atoms with Crippen LogP contribution in [-0.4, -0.2) is 78.9 Å². The van der Waals surface area contributed by atoms with Crippen LogP contribution in [0.2, 0.25) is 0 Å². The Hall–Kier alpha value is -3.42. The number of piperidine rings is 1. The zero-order valence-corrected chi connectivity index (χ0v) is 24.2. The minimum Gasteiger partial charge on any atom is -0.465 e. The van der Waals surface area contributed by atoms with E-state index in [4.69, 9.17) is 0 Å². The SMILES string of the molecule is CC(C)(C)N(C(=O)O)[C@H]1C[C@@H](N2Cc3cn(S(C)(=O)=O)nc3C2)CN(Cc2ccccn2)[C@@H]1c1cc(F)ccc1F. The molecule has 10 nitrogen and oxygen atoms in total. The van der Waals surface area contributed by atoms with Crippen LogP contribution in [0.5, 0.6) is 0 Å². The fourth-order valence-electron chi connectivity index (χ4n) is 6.14. The Morgan fingerprint density at radius 1 is 1.17 bits per heavy atom. The lowest BCUT2D eigenvalue weighted by molar-refractivity contribution is -0.0379. The van der Waals surface area contributed by atoms with Crippen LogP contribution >= 0.6 is 0 Å². The maximum atomic E-state index is 15.4. The summed E-state index contributed by atoms with van der Waals surface area (Å²) in [5.74, 6) is -1.22. The zero-order chi connectivity index (χ0) is 29.7. The second-order valence-corrected chi connectivity index (χ2v) is 13.6. The molecular weight excluding hydrogens is 554 g/mol. The number of fused-ring (bicyclic) bond motifs is 1. The van der Waals surface area contributed by atoms with Gasteiger partial charge in [0.1, 0.15) is 11.6 Å². The molecule has 1 N–H and O–H groups in total. The molecule has 0 saturated carbocycles. The van der Waals surface area contributed by atoms with Crippen LogP contribution in [0, 0.1) is 11.6 Å². The normalized spacial score (nSPS) is 22.0. The molecule has 1 aromatic carbocycles. The number of hydrogen-bond donors (Lipinski definition) is 1. The van der Waals surface area contributed by atoms with E-state index in [0.717, 1.165) is 34.1 Å². The van der Waals surface area contributed by atoms with Gasteiger partial charge in [-0.3, -0.25) is 19.7 Å². The van der Waals surface area contributed by atoms with Gasteiger partial charge in [-0.15, -0.1) is 0 Å². The second-order valence-electron chi connectivity index (χ2n) is 11.8. The third-order valence-corrected chi connectivity index (χ3v) is 8.65. The van der Waals surface area contributed by atoms with E-state index in [1.165, 1.54) is 11.1 Å². The highest BCUT2D eigenvalue weighted by molar-refractivity contribution is 7.89. The van der Waals surface area contributed by atoms with E-state index in [9.17, 15) is 22.7 Å². The van der Waals surface area contributed by atoms with Gasteiger partial charge in [0.15, 0.2) is 0 Å². The molecule has 0 aliphatic carbocycles. The van der Waals surface area contributed by atoms with Crippen LogP contribution in [0.4, 0.5) is 13.6 Å². The largest absolute Gasteiger partial charge is 0.465 e. The van der Waals surface area contributed by atoms with Crippen molar-refractivity contribution in [3.05, 3.63) is 82.9 Å². The summed E-state index contributed by atoms with van der Waals surface area (Å²) >= 11 is 0. The minimum atomic E-state index is -3.52. The lowest BCUT2D eigenvalue weighted by atomic mass is 9.84. The van der Waals surface area contributed by atoms with Crippen molar-refractivity contribution in [1.82, 2.24) is 28.9 Å². The summed E-state index contributed by atoms with van der Waals surface area (Å²) < 4.78 is 54.9. The predicted molar refractivity (Wildman–Crippen MR) is 147 cm³/mol. The molecule has 1 saturated heterocycles. The van der Waals surface area contributed by atoms with Gasteiger partial charge in [0.05, 0.1) is 29.7 Å². The van der Waals surface area contributed by atoms with Crippen LogP contribution in [-0.2, 0) is 29.7 Å². The minimum absolute atomic E-state index is 0.0917. The molecule has 41 heavy (non-hydrogen) atoms. The van der Waals surface area contributed by atoms with Crippen molar-refractivity contribution in [1.29, 1.82) is 0 Å². The molecule has 4 heterocycles. The maximum absolute atomic E-state index is 15.4. The highest BCUT2D eigenvalue weighted by Crippen LogP contribution is 2.42. The summed E-state index contributed by atoms with van der Waals surface area (Å²) in [4.78, 5) is 22.7. The molecule has 0 radical (unpaired) electrons. The Morgan fingerprint density at radius 2 is 1.93 bits per heavy atom. The van der Waals surface area contributed by atoms with Gasteiger partial charge in [0.25, 0.3) is 10.0 Å². The zero-order valence-electron chi connectivity index (χ0n) is 23.4. The quantitative estimate of drug-likeness (QED) is 0.463. The maximum Gasteiger partial charge on any atom is 0.408 e. The Balaban J connectivity index is 1.57. The Bertz CT molecular complexity index is 1520. The van der Waals surface area contributed by atoms with Gasteiger partial charge >= 0.3 is 6.09 Å². The van der Waals surface area contributed by atoms with E-state index in [1.807, 2.05) is 17.0 Å². The highest BCUT2D eigenvalue weighted by Gasteiger charge is 2.48. The van der Waals surface area contributed by atoms with Gasteiger partial charge in [-0.2, -0.15) is 9.19 Å². The number of rotatable bonds is 6. The molecular formula is C28H34F2N6O4S. The number of carbonyl (C=O) groups is 1. The number of hydrogen-bond acceptors (Lipinski definition) is 7. The first kappa shape index (κ1) is 29.1. The first-order chi connectivity index (χ1) is 19.2. The summed E-state index contributed by atoms with van der Waals surface area (Å²) in [6.07, 6.45) is 3.45. The molecule has 2 aliphatic rings. The number of aromatic nitrogens is 3. The number of benzene rings is 1. The second kappa shape index (κ2) is 10.8. The molecule has 0 bridgehead atoms. The number of nitrogens with zero attached hydrogens (tertiary/aromatic N) is 6. The number of pyridine rings is 1. The lowest BCUT2D eigenvalue weighted by Crippen LogP contribution is -2.62. The van der Waals surface area contributed by atoms with Crippen molar-refractivity contribution in [2.24, 2.45) is 0 Å². The van der Waals surface area contributed by atoms with Crippen molar-refractivity contribution in [2.45, 2.75) is 70.5 Å². The molecule has 0 spiro atoms. The number of halogens is 2. The van der Waals surface area contributed by atoms with Crippen LogP contribution in [0.15, 0.2) is 48.8 Å². The third-order valence-electron chi connectivity index (χ3n) is 7.78.